The Labute approximate surface area is 179 Å². The number of carbonyl (C=O) groups is 3. The van der Waals surface area contributed by atoms with Crippen LogP contribution in [-0.4, -0.2) is 41.3 Å². The van der Waals surface area contributed by atoms with Crippen LogP contribution < -0.4 is 0 Å². The van der Waals surface area contributed by atoms with E-state index >= 15 is 0 Å². The number of halogens is 1. The maximum Gasteiger partial charge on any atom is 0.337 e. The molecule has 30 heavy (non-hydrogen) atoms. The molecule has 0 aromatic heterocycles. The summed E-state index contributed by atoms with van der Waals surface area (Å²) in [4.78, 5) is 38.9. The van der Waals surface area contributed by atoms with Crippen molar-refractivity contribution < 1.29 is 24.2 Å². The smallest absolute Gasteiger partial charge is 0.337 e. The lowest BCUT2D eigenvalue weighted by Crippen LogP contribution is -2.33. The van der Waals surface area contributed by atoms with E-state index in [4.69, 9.17) is 16.3 Å². The molecular weight excluding hydrogens is 406 g/mol. The molecule has 7 heteroatoms. The van der Waals surface area contributed by atoms with E-state index in [0.717, 1.165) is 0 Å². The maximum atomic E-state index is 12.9. The summed E-state index contributed by atoms with van der Waals surface area (Å²) in [6.45, 7) is 4.22. The van der Waals surface area contributed by atoms with Crippen LogP contribution in [0.5, 0.6) is 0 Å². The molecule has 1 aliphatic heterocycles. The summed E-state index contributed by atoms with van der Waals surface area (Å²) in [6.07, 6.45) is 0. The number of likely N-dealkylation sites (tertiary alicyclic amines) is 1. The minimum atomic E-state index is -0.769. The van der Waals surface area contributed by atoms with Crippen LogP contribution in [0.15, 0.2) is 54.1 Å². The van der Waals surface area contributed by atoms with Crippen molar-refractivity contribution in [3.63, 3.8) is 0 Å². The van der Waals surface area contributed by atoms with Crippen molar-refractivity contribution in [2.24, 2.45) is 5.92 Å². The molecule has 0 radical (unpaired) electrons. The fourth-order valence-corrected chi connectivity index (χ4v) is 3.62. The predicted octanol–water partition coefficient (Wildman–Crippen LogP) is 4.20. The number of benzene rings is 2. The predicted molar refractivity (Wildman–Crippen MR) is 113 cm³/mol. The van der Waals surface area contributed by atoms with Crippen molar-refractivity contribution in [3.05, 3.63) is 75.8 Å². The van der Waals surface area contributed by atoms with E-state index in [-0.39, 0.29) is 17.3 Å². The second-order valence-electron chi connectivity index (χ2n) is 7.47. The average molecular weight is 428 g/mol. The first-order chi connectivity index (χ1) is 14.2. The Bertz CT molecular complexity index is 1010. The number of ether oxygens (including phenoxy) is 1. The number of Topliss-reactive ketones (excluding diaryl/α,β-unsaturated/α-hetero) is 1. The van der Waals surface area contributed by atoms with Crippen LogP contribution in [-0.2, 0) is 14.3 Å². The van der Waals surface area contributed by atoms with Gasteiger partial charge in [0, 0.05) is 17.1 Å². The molecule has 0 saturated carbocycles. The molecule has 1 amide bonds. The molecule has 1 atom stereocenters. The number of ketones is 1. The summed E-state index contributed by atoms with van der Waals surface area (Å²) in [5, 5.41) is 11.4. The number of aliphatic hydroxyl groups excluding tert-OH is 1. The van der Waals surface area contributed by atoms with Crippen LogP contribution in [0.2, 0.25) is 5.02 Å². The largest absolute Gasteiger partial charge is 0.507 e. The molecule has 1 unspecified atom stereocenters. The number of aliphatic hydroxyl groups is 1. The van der Waals surface area contributed by atoms with E-state index in [2.05, 4.69) is 0 Å². The van der Waals surface area contributed by atoms with Crippen molar-refractivity contribution >= 4 is 35.0 Å². The van der Waals surface area contributed by atoms with Gasteiger partial charge in [0.2, 0.25) is 0 Å². The number of hydrogen-bond donors (Lipinski definition) is 1. The monoisotopic (exact) mass is 427 g/mol. The topological polar surface area (TPSA) is 83.9 Å². The summed E-state index contributed by atoms with van der Waals surface area (Å²) in [7, 11) is 1.29. The van der Waals surface area contributed by atoms with Crippen LogP contribution in [0.3, 0.4) is 0 Å². The highest BCUT2D eigenvalue weighted by atomic mass is 35.5. The molecule has 1 heterocycles. The number of rotatable bonds is 5. The first kappa shape index (κ1) is 21.6. The number of hydrogen-bond acceptors (Lipinski definition) is 5. The van der Waals surface area contributed by atoms with Gasteiger partial charge in [-0.2, -0.15) is 0 Å². The van der Waals surface area contributed by atoms with Crippen molar-refractivity contribution in [2.75, 3.05) is 13.7 Å². The number of nitrogens with zero attached hydrogens (tertiary/aromatic N) is 1. The van der Waals surface area contributed by atoms with Crippen molar-refractivity contribution in [1.29, 1.82) is 0 Å². The van der Waals surface area contributed by atoms with Crippen LogP contribution in [0, 0.1) is 5.92 Å². The standard InChI is InChI=1S/C23H22ClNO5/c1-13(2)12-25-19(14-4-6-16(7-5-14)23(29)30-3)18(21(27)22(25)28)20(26)15-8-10-17(24)11-9-15/h4-11,13,19,26H,12H2,1-3H3/b20-18+. The van der Waals surface area contributed by atoms with Gasteiger partial charge in [-0.05, 0) is 47.9 Å². The highest BCUT2D eigenvalue weighted by Crippen LogP contribution is 2.40. The molecule has 156 valence electrons. The van der Waals surface area contributed by atoms with Gasteiger partial charge in [0.25, 0.3) is 11.7 Å². The van der Waals surface area contributed by atoms with Crippen molar-refractivity contribution in [2.45, 2.75) is 19.9 Å². The van der Waals surface area contributed by atoms with Gasteiger partial charge in [0.15, 0.2) is 0 Å². The van der Waals surface area contributed by atoms with Gasteiger partial charge < -0.3 is 14.7 Å². The summed E-state index contributed by atoms with van der Waals surface area (Å²) >= 11 is 5.92. The Morgan fingerprint density at radius 2 is 1.63 bits per heavy atom. The zero-order valence-corrected chi connectivity index (χ0v) is 17.6. The highest BCUT2D eigenvalue weighted by molar-refractivity contribution is 6.46. The van der Waals surface area contributed by atoms with Crippen molar-refractivity contribution in [3.8, 4) is 0 Å². The number of methoxy groups -OCH3 is 1. The lowest BCUT2D eigenvalue weighted by Gasteiger charge is -2.27. The molecule has 1 N–H and O–H groups in total. The van der Waals surface area contributed by atoms with E-state index in [9.17, 15) is 19.5 Å². The lowest BCUT2D eigenvalue weighted by atomic mass is 9.94. The van der Waals surface area contributed by atoms with Crippen LogP contribution in [0.1, 0.15) is 41.4 Å². The molecule has 2 aromatic carbocycles. The average Bonchev–Trinajstić information content (AvgIpc) is 2.97. The quantitative estimate of drug-likeness (QED) is 0.334. The van der Waals surface area contributed by atoms with Gasteiger partial charge in [0.05, 0.1) is 24.3 Å². The summed E-state index contributed by atoms with van der Waals surface area (Å²) in [5.41, 5.74) is 1.35. The van der Waals surface area contributed by atoms with Gasteiger partial charge in [-0.1, -0.05) is 37.6 Å². The second-order valence-corrected chi connectivity index (χ2v) is 7.90. The Hall–Kier alpha value is -3.12. The second kappa shape index (κ2) is 8.71. The van der Waals surface area contributed by atoms with Crippen LogP contribution in [0.4, 0.5) is 0 Å². The maximum absolute atomic E-state index is 12.9. The third kappa shape index (κ3) is 4.09. The molecular formula is C23H22ClNO5. The Morgan fingerprint density at radius 1 is 1.07 bits per heavy atom. The summed E-state index contributed by atoms with van der Waals surface area (Å²) < 4.78 is 4.72. The SMILES string of the molecule is COC(=O)c1ccc(C2/C(=C(\O)c3ccc(Cl)cc3)C(=O)C(=O)N2CC(C)C)cc1. The van der Waals surface area contributed by atoms with E-state index in [0.29, 0.717) is 28.3 Å². The normalized spacial score (nSPS) is 18.2. The van der Waals surface area contributed by atoms with Gasteiger partial charge in [-0.3, -0.25) is 9.59 Å². The molecule has 1 fully saturated rings. The van der Waals surface area contributed by atoms with Gasteiger partial charge in [-0.25, -0.2) is 4.79 Å². The molecule has 6 nitrogen and oxygen atoms in total. The molecule has 0 bridgehead atoms. The van der Waals surface area contributed by atoms with E-state index in [1.54, 1.807) is 48.5 Å². The molecule has 1 aliphatic rings. The molecule has 0 spiro atoms. The van der Waals surface area contributed by atoms with Crippen molar-refractivity contribution in [1.82, 2.24) is 4.90 Å². The highest BCUT2D eigenvalue weighted by Gasteiger charge is 2.46. The summed E-state index contributed by atoms with van der Waals surface area (Å²) in [5.74, 6) is -2.06. The Morgan fingerprint density at radius 3 is 2.17 bits per heavy atom. The minimum absolute atomic E-state index is 0.00814. The van der Waals surface area contributed by atoms with Crippen LogP contribution >= 0.6 is 11.6 Å². The Balaban J connectivity index is 2.14. The van der Waals surface area contributed by atoms with Crippen LogP contribution in [0.25, 0.3) is 5.76 Å². The molecule has 1 saturated heterocycles. The first-order valence-electron chi connectivity index (χ1n) is 9.47. The van der Waals surface area contributed by atoms with E-state index in [1.165, 1.54) is 12.0 Å². The minimum Gasteiger partial charge on any atom is -0.507 e. The van der Waals surface area contributed by atoms with Gasteiger partial charge in [-0.15, -0.1) is 0 Å². The van der Waals surface area contributed by atoms with E-state index in [1.807, 2.05) is 13.8 Å². The molecule has 3 rings (SSSR count). The first-order valence-corrected chi connectivity index (χ1v) is 9.85. The zero-order valence-electron chi connectivity index (χ0n) is 16.9. The third-order valence-corrected chi connectivity index (χ3v) is 5.12. The molecule has 0 aliphatic carbocycles. The summed E-state index contributed by atoms with van der Waals surface area (Å²) in [6, 6.07) is 12.1. The fourth-order valence-electron chi connectivity index (χ4n) is 3.49. The fraction of sp³-hybridized carbons (Fsp3) is 0.261. The third-order valence-electron chi connectivity index (χ3n) is 4.87. The van der Waals surface area contributed by atoms with E-state index < -0.39 is 23.7 Å². The Kier molecular flexibility index (Phi) is 6.27. The number of esters is 1. The molecule has 2 aromatic rings. The number of amides is 1. The number of carbonyl (C=O) groups excluding carboxylic acids is 3. The van der Waals surface area contributed by atoms with Gasteiger partial charge >= 0.3 is 5.97 Å². The lowest BCUT2D eigenvalue weighted by molar-refractivity contribution is -0.140. The zero-order chi connectivity index (χ0) is 22.0. The van der Waals surface area contributed by atoms with Gasteiger partial charge in [0.1, 0.15) is 5.76 Å².